The van der Waals surface area contributed by atoms with Gasteiger partial charge in [-0.1, -0.05) is 26.0 Å². The molecule has 0 aromatic heterocycles. The van der Waals surface area contributed by atoms with E-state index in [0.717, 1.165) is 24.8 Å². The lowest BCUT2D eigenvalue weighted by Gasteiger charge is -2.41. The molecule has 1 amide bonds. The molecule has 1 aliphatic carbocycles. The van der Waals surface area contributed by atoms with Crippen molar-refractivity contribution in [2.45, 2.75) is 59.4 Å². The minimum absolute atomic E-state index is 0.0212. The Balaban J connectivity index is 2.85. The zero-order valence-corrected chi connectivity index (χ0v) is 13.0. The summed E-state index contributed by atoms with van der Waals surface area (Å²) in [7, 11) is 0. The molecule has 2 N–H and O–H groups in total. The van der Waals surface area contributed by atoms with E-state index >= 15 is 0 Å². The Labute approximate surface area is 117 Å². The smallest absolute Gasteiger partial charge is 0.224 e. The van der Waals surface area contributed by atoms with Crippen molar-refractivity contribution in [2.75, 3.05) is 6.61 Å². The van der Waals surface area contributed by atoms with Gasteiger partial charge in [-0.2, -0.15) is 0 Å². The van der Waals surface area contributed by atoms with Crippen LogP contribution in [0.25, 0.3) is 0 Å². The zero-order chi connectivity index (χ0) is 14.8. The number of allylic oxidation sites excluding steroid dienone is 1. The fraction of sp³-hybridized carbons (Fsp3) is 0.812. The number of amides is 1. The molecule has 19 heavy (non-hydrogen) atoms. The molecule has 0 heterocycles. The fourth-order valence-electron chi connectivity index (χ4n) is 2.92. The number of carbonyl (C=O) groups excluding carboxylic acids is 1. The highest BCUT2D eigenvalue weighted by atomic mass is 16.3. The fourth-order valence-corrected chi connectivity index (χ4v) is 2.92. The van der Waals surface area contributed by atoms with E-state index in [4.69, 9.17) is 0 Å². The van der Waals surface area contributed by atoms with E-state index in [1.165, 1.54) is 0 Å². The molecule has 1 fully saturated rings. The van der Waals surface area contributed by atoms with Crippen molar-refractivity contribution in [3.8, 4) is 0 Å². The van der Waals surface area contributed by atoms with Crippen LogP contribution in [0, 0.1) is 17.3 Å². The van der Waals surface area contributed by atoms with Crippen molar-refractivity contribution in [1.29, 1.82) is 0 Å². The summed E-state index contributed by atoms with van der Waals surface area (Å²) in [6.45, 7) is 14.1. The van der Waals surface area contributed by atoms with Crippen molar-refractivity contribution in [3.63, 3.8) is 0 Å². The monoisotopic (exact) mass is 267 g/mol. The highest BCUT2D eigenvalue weighted by molar-refractivity contribution is 5.80. The molecule has 3 heteroatoms. The van der Waals surface area contributed by atoms with Crippen LogP contribution in [0.15, 0.2) is 12.2 Å². The summed E-state index contributed by atoms with van der Waals surface area (Å²) in [5.41, 5.74) is 0.743. The van der Waals surface area contributed by atoms with E-state index in [1.54, 1.807) is 0 Å². The van der Waals surface area contributed by atoms with E-state index in [0.29, 0.717) is 0 Å². The normalized spacial score (nSPS) is 26.8. The van der Waals surface area contributed by atoms with Crippen LogP contribution in [0.3, 0.4) is 0 Å². The highest BCUT2D eigenvalue weighted by Crippen LogP contribution is 2.44. The summed E-state index contributed by atoms with van der Waals surface area (Å²) in [4.78, 5) is 12.5. The molecule has 0 aliphatic heterocycles. The van der Waals surface area contributed by atoms with Gasteiger partial charge in [-0.25, -0.2) is 0 Å². The summed E-state index contributed by atoms with van der Waals surface area (Å²) in [5, 5.41) is 12.3. The molecule has 0 aromatic rings. The molecule has 0 aromatic carbocycles. The van der Waals surface area contributed by atoms with E-state index in [9.17, 15) is 9.90 Å². The van der Waals surface area contributed by atoms with Crippen LogP contribution in [0.5, 0.6) is 0 Å². The second kappa shape index (κ2) is 5.66. The molecule has 1 saturated carbocycles. The quantitative estimate of drug-likeness (QED) is 0.769. The number of hydrogen-bond donors (Lipinski definition) is 2. The largest absolute Gasteiger partial charge is 0.394 e. The third kappa shape index (κ3) is 4.34. The first kappa shape index (κ1) is 16.2. The molecule has 0 radical (unpaired) electrons. The third-order valence-corrected chi connectivity index (χ3v) is 4.22. The molecule has 3 nitrogen and oxygen atoms in total. The van der Waals surface area contributed by atoms with Crippen molar-refractivity contribution in [3.05, 3.63) is 12.2 Å². The van der Waals surface area contributed by atoms with Crippen molar-refractivity contribution < 1.29 is 9.90 Å². The standard InChI is InChI=1S/C16H29NO2/c1-11(2)12-7-8-15(3,4)9-13(12)14(19)17-16(5,6)10-18/h12-13,18H,1,7-10H2,2-6H3,(H,17,19). The predicted octanol–water partition coefficient (Wildman–Crippen LogP) is 2.89. The molecule has 0 saturated heterocycles. The molecular weight excluding hydrogens is 238 g/mol. The Hall–Kier alpha value is -0.830. The first-order valence-corrected chi connectivity index (χ1v) is 7.16. The number of aliphatic hydroxyl groups is 1. The molecule has 2 unspecified atom stereocenters. The van der Waals surface area contributed by atoms with Crippen LogP contribution < -0.4 is 5.32 Å². The maximum absolute atomic E-state index is 12.5. The second-order valence-corrected chi connectivity index (χ2v) is 7.50. The first-order chi connectivity index (χ1) is 8.58. The van der Waals surface area contributed by atoms with Gasteiger partial charge in [0.05, 0.1) is 12.1 Å². The molecular formula is C16H29NO2. The summed E-state index contributed by atoms with van der Waals surface area (Å²) in [5.74, 6) is 0.300. The van der Waals surface area contributed by atoms with Gasteiger partial charge in [-0.05, 0) is 51.4 Å². The van der Waals surface area contributed by atoms with Crippen molar-refractivity contribution in [2.24, 2.45) is 17.3 Å². The van der Waals surface area contributed by atoms with E-state index in [1.807, 2.05) is 20.8 Å². The Morgan fingerprint density at radius 2 is 2.00 bits per heavy atom. The maximum Gasteiger partial charge on any atom is 0.224 e. The van der Waals surface area contributed by atoms with Crippen molar-refractivity contribution >= 4 is 5.91 Å². The average Bonchev–Trinajstić information content (AvgIpc) is 2.26. The Kier molecular flexibility index (Phi) is 4.83. The van der Waals surface area contributed by atoms with Gasteiger partial charge in [0, 0.05) is 5.92 Å². The molecule has 1 rings (SSSR count). The maximum atomic E-state index is 12.5. The summed E-state index contributed by atoms with van der Waals surface area (Å²) in [6, 6.07) is 0. The number of aliphatic hydroxyl groups excluding tert-OH is 1. The number of nitrogens with one attached hydrogen (secondary N) is 1. The van der Waals surface area contributed by atoms with Gasteiger partial charge in [-0.3, -0.25) is 4.79 Å². The lowest BCUT2D eigenvalue weighted by molar-refractivity contribution is -0.131. The first-order valence-electron chi connectivity index (χ1n) is 7.16. The van der Waals surface area contributed by atoms with Gasteiger partial charge in [0.25, 0.3) is 0 Å². The topological polar surface area (TPSA) is 49.3 Å². The van der Waals surface area contributed by atoms with Gasteiger partial charge in [0.2, 0.25) is 5.91 Å². The van der Waals surface area contributed by atoms with Gasteiger partial charge in [0.15, 0.2) is 0 Å². The van der Waals surface area contributed by atoms with Crippen molar-refractivity contribution in [1.82, 2.24) is 5.32 Å². The summed E-state index contributed by atoms with van der Waals surface area (Å²) < 4.78 is 0. The molecule has 1 aliphatic rings. The van der Waals surface area contributed by atoms with Crippen LogP contribution in [0.4, 0.5) is 0 Å². The van der Waals surface area contributed by atoms with Crippen LogP contribution in [0.2, 0.25) is 0 Å². The Bertz CT molecular complexity index is 358. The van der Waals surface area contributed by atoms with E-state index in [-0.39, 0.29) is 29.8 Å². The molecule has 110 valence electrons. The summed E-state index contributed by atoms with van der Waals surface area (Å²) in [6.07, 6.45) is 3.05. The molecule has 0 spiro atoms. The Morgan fingerprint density at radius 3 is 2.47 bits per heavy atom. The molecule has 0 bridgehead atoms. The lowest BCUT2D eigenvalue weighted by atomic mass is 9.65. The zero-order valence-electron chi connectivity index (χ0n) is 13.0. The predicted molar refractivity (Wildman–Crippen MR) is 78.7 cm³/mol. The van der Waals surface area contributed by atoms with Gasteiger partial charge in [0.1, 0.15) is 0 Å². The SMILES string of the molecule is C=C(C)C1CCC(C)(C)CC1C(=O)NC(C)(C)CO. The molecule has 2 atom stereocenters. The second-order valence-electron chi connectivity index (χ2n) is 7.50. The van der Waals surface area contributed by atoms with Gasteiger partial charge < -0.3 is 10.4 Å². The lowest BCUT2D eigenvalue weighted by Crippen LogP contribution is -2.51. The number of rotatable bonds is 4. The van der Waals surface area contributed by atoms with Crippen LogP contribution in [-0.4, -0.2) is 23.2 Å². The number of hydrogen-bond acceptors (Lipinski definition) is 2. The highest BCUT2D eigenvalue weighted by Gasteiger charge is 2.40. The Morgan fingerprint density at radius 1 is 1.42 bits per heavy atom. The minimum atomic E-state index is -0.557. The van der Waals surface area contributed by atoms with Gasteiger partial charge in [-0.15, -0.1) is 0 Å². The van der Waals surface area contributed by atoms with Crippen LogP contribution in [0.1, 0.15) is 53.9 Å². The average molecular weight is 267 g/mol. The minimum Gasteiger partial charge on any atom is -0.394 e. The number of carbonyl (C=O) groups is 1. The summed E-state index contributed by atoms with van der Waals surface area (Å²) >= 11 is 0. The third-order valence-electron chi connectivity index (χ3n) is 4.22. The van der Waals surface area contributed by atoms with Crippen LogP contribution >= 0.6 is 0 Å². The van der Waals surface area contributed by atoms with Gasteiger partial charge >= 0.3 is 0 Å². The van der Waals surface area contributed by atoms with E-state index < -0.39 is 5.54 Å². The van der Waals surface area contributed by atoms with Crippen LogP contribution in [-0.2, 0) is 4.79 Å². The van der Waals surface area contributed by atoms with E-state index in [2.05, 4.69) is 25.7 Å².